The van der Waals surface area contributed by atoms with Crippen LogP contribution < -0.4 is 0 Å². The highest BCUT2D eigenvalue weighted by molar-refractivity contribution is 5.32. The Labute approximate surface area is 89.3 Å². The van der Waals surface area contributed by atoms with Gasteiger partial charge in [0.1, 0.15) is 0 Å². The van der Waals surface area contributed by atoms with E-state index in [0.717, 1.165) is 0 Å². The molecular weight excluding hydrogens is 188 g/mol. The topological polar surface area (TPSA) is 40.5 Å². The van der Waals surface area contributed by atoms with Crippen LogP contribution in [0.25, 0.3) is 0 Å². The molecule has 2 saturated carbocycles. The van der Waals surface area contributed by atoms with Crippen molar-refractivity contribution in [1.82, 2.24) is 0 Å². The largest absolute Gasteiger partial charge is 0.389 e. The summed E-state index contributed by atoms with van der Waals surface area (Å²) in [6.07, 6.45) is 10.1. The van der Waals surface area contributed by atoms with Gasteiger partial charge in [-0.3, -0.25) is 0 Å². The standard InChI is InChI=1S/C13H16O2/c14-9-3-4-10(15)12-8-2-1-7(11(9)12)13(8)5-6-13/h1-4,7-12,14-15H,5-6H2/t7-,8+,9-,10+,11-,12+. The lowest BCUT2D eigenvalue weighted by Gasteiger charge is -2.35. The third-order valence-electron chi connectivity index (χ3n) is 5.25. The fraction of sp³-hybridized carbons (Fsp3) is 0.692. The normalized spacial score (nSPS) is 57.5. The molecule has 0 aromatic rings. The molecule has 4 rings (SSSR count). The fourth-order valence-electron chi connectivity index (χ4n) is 4.52. The van der Waals surface area contributed by atoms with Crippen LogP contribution in [-0.4, -0.2) is 22.4 Å². The van der Waals surface area contributed by atoms with Gasteiger partial charge in [-0.2, -0.15) is 0 Å². The zero-order valence-corrected chi connectivity index (χ0v) is 8.58. The maximum absolute atomic E-state index is 10.0. The lowest BCUT2D eigenvalue weighted by Crippen LogP contribution is -2.39. The molecule has 2 heteroatoms. The summed E-state index contributed by atoms with van der Waals surface area (Å²) in [7, 11) is 0. The molecule has 0 radical (unpaired) electrons. The summed E-state index contributed by atoms with van der Waals surface area (Å²) in [5, 5.41) is 20.1. The Morgan fingerprint density at radius 3 is 1.67 bits per heavy atom. The smallest absolute Gasteiger partial charge is 0.0759 e. The van der Waals surface area contributed by atoms with Gasteiger partial charge >= 0.3 is 0 Å². The molecule has 1 spiro atoms. The Kier molecular flexibility index (Phi) is 1.36. The summed E-state index contributed by atoms with van der Waals surface area (Å²) in [6.45, 7) is 0. The molecule has 2 fully saturated rings. The molecule has 0 aromatic carbocycles. The molecule has 15 heavy (non-hydrogen) atoms. The number of rotatable bonds is 0. The van der Waals surface area contributed by atoms with Crippen LogP contribution in [0.4, 0.5) is 0 Å². The van der Waals surface area contributed by atoms with Crippen LogP contribution >= 0.6 is 0 Å². The van der Waals surface area contributed by atoms with E-state index in [2.05, 4.69) is 12.2 Å². The number of fused-ring (bicyclic) bond motifs is 3. The van der Waals surface area contributed by atoms with E-state index in [-0.39, 0.29) is 24.0 Å². The van der Waals surface area contributed by atoms with Crippen LogP contribution in [0.1, 0.15) is 12.8 Å². The molecule has 0 aliphatic heterocycles. The van der Waals surface area contributed by atoms with Crippen molar-refractivity contribution in [2.45, 2.75) is 25.0 Å². The number of aliphatic hydroxyl groups is 2. The Bertz CT molecular complexity index is 337. The first-order valence-electron chi connectivity index (χ1n) is 5.97. The molecule has 4 aliphatic carbocycles. The lowest BCUT2D eigenvalue weighted by molar-refractivity contribution is 0.0277. The second kappa shape index (κ2) is 2.38. The molecule has 0 saturated heterocycles. The third-order valence-corrected chi connectivity index (χ3v) is 5.25. The zero-order chi connectivity index (χ0) is 10.2. The minimum atomic E-state index is -0.337. The molecule has 0 unspecified atom stereocenters. The molecule has 0 heterocycles. The van der Waals surface area contributed by atoms with Gasteiger partial charge < -0.3 is 10.2 Å². The van der Waals surface area contributed by atoms with Crippen LogP contribution in [-0.2, 0) is 0 Å². The first-order valence-corrected chi connectivity index (χ1v) is 5.97. The van der Waals surface area contributed by atoms with E-state index < -0.39 is 0 Å². The van der Waals surface area contributed by atoms with Crippen molar-refractivity contribution in [2.75, 3.05) is 0 Å². The van der Waals surface area contributed by atoms with Gasteiger partial charge in [0.25, 0.3) is 0 Å². The lowest BCUT2D eigenvalue weighted by atomic mass is 9.73. The maximum Gasteiger partial charge on any atom is 0.0759 e. The Morgan fingerprint density at radius 2 is 1.27 bits per heavy atom. The summed E-state index contributed by atoms with van der Waals surface area (Å²) in [5.41, 5.74) is 0.448. The fourth-order valence-corrected chi connectivity index (χ4v) is 4.52. The van der Waals surface area contributed by atoms with Gasteiger partial charge in [-0.1, -0.05) is 24.3 Å². The Hall–Kier alpha value is -0.600. The van der Waals surface area contributed by atoms with Gasteiger partial charge in [0.2, 0.25) is 0 Å². The van der Waals surface area contributed by atoms with Crippen LogP contribution in [0, 0.1) is 29.1 Å². The molecule has 2 N–H and O–H groups in total. The summed E-state index contributed by atoms with van der Waals surface area (Å²) in [5.74, 6) is 1.62. The minimum Gasteiger partial charge on any atom is -0.389 e. The summed E-state index contributed by atoms with van der Waals surface area (Å²) >= 11 is 0. The molecule has 2 bridgehead atoms. The average Bonchev–Trinajstić information content (AvgIpc) is 2.88. The van der Waals surface area contributed by atoms with E-state index in [4.69, 9.17) is 0 Å². The monoisotopic (exact) mass is 204 g/mol. The predicted octanol–water partition coefficient (Wildman–Crippen LogP) is 1.11. The Balaban J connectivity index is 1.83. The van der Waals surface area contributed by atoms with E-state index in [1.54, 1.807) is 12.2 Å². The van der Waals surface area contributed by atoms with Crippen LogP contribution in [0.2, 0.25) is 0 Å². The van der Waals surface area contributed by atoms with Gasteiger partial charge in [0.05, 0.1) is 12.2 Å². The summed E-state index contributed by atoms with van der Waals surface area (Å²) in [4.78, 5) is 0. The third kappa shape index (κ3) is 0.809. The molecule has 0 aromatic heterocycles. The average molecular weight is 204 g/mol. The van der Waals surface area contributed by atoms with Crippen LogP contribution in [0.3, 0.4) is 0 Å². The molecule has 2 nitrogen and oxygen atoms in total. The highest BCUT2D eigenvalue weighted by atomic mass is 16.3. The molecule has 4 aliphatic rings. The molecular formula is C13H16O2. The van der Waals surface area contributed by atoms with E-state index in [1.807, 2.05) is 0 Å². The predicted molar refractivity (Wildman–Crippen MR) is 55.9 cm³/mol. The highest BCUT2D eigenvalue weighted by Crippen LogP contribution is 2.73. The van der Waals surface area contributed by atoms with Crippen molar-refractivity contribution in [3.05, 3.63) is 24.3 Å². The Morgan fingerprint density at radius 1 is 0.800 bits per heavy atom. The summed E-state index contributed by atoms with van der Waals surface area (Å²) < 4.78 is 0. The van der Waals surface area contributed by atoms with Crippen molar-refractivity contribution in [2.24, 2.45) is 29.1 Å². The van der Waals surface area contributed by atoms with E-state index in [1.165, 1.54) is 12.8 Å². The molecule has 0 amide bonds. The number of allylic oxidation sites excluding steroid dienone is 2. The van der Waals surface area contributed by atoms with Gasteiger partial charge in [-0.15, -0.1) is 0 Å². The van der Waals surface area contributed by atoms with Gasteiger partial charge in [0.15, 0.2) is 0 Å². The van der Waals surface area contributed by atoms with E-state index in [9.17, 15) is 10.2 Å². The number of hydrogen-bond donors (Lipinski definition) is 2. The molecule has 80 valence electrons. The molecule has 6 atom stereocenters. The van der Waals surface area contributed by atoms with Crippen LogP contribution in [0.15, 0.2) is 24.3 Å². The maximum atomic E-state index is 10.0. The first kappa shape index (κ1) is 8.54. The number of aliphatic hydroxyl groups excluding tert-OH is 2. The highest BCUT2D eigenvalue weighted by Gasteiger charge is 2.69. The SMILES string of the molecule is O[C@@H]1C=C[C@H](O)[C@H]2[C@@H]1[C@H]1C=C[C@@H]2C12CC2. The quantitative estimate of drug-likeness (QED) is 0.580. The summed E-state index contributed by atoms with van der Waals surface area (Å²) in [6, 6.07) is 0. The van der Waals surface area contributed by atoms with Crippen molar-refractivity contribution in [1.29, 1.82) is 0 Å². The van der Waals surface area contributed by atoms with Crippen LogP contribution in [0.5, 0.6) is 0 Å². The van der Waals surface area contributed by atoms with Gasteiger partial charge in [-0.05, 0) is 30.1 Å². The first-order chi connectivity index (χ1) is 7.24. The van der Waals surface area contributed by atoms with Crippen molar-refractivity contribution < 1.29 is 10.2 Å². The zero-order valence-electron chi connectivity index (χ0n) is 8.58. The van der Waals surface area contributed by atoms with Gasteiger partial charge in [-0.25, -0.2) is 0 Å². The second-order valence-corrected chi connectivity index (χ2v) is 5.69. The van der Waals surface area contributed by atoms with Gasteiger partial charge in [0, 0.05) is 11.8 Å². The van der Waals surface area contributed by atoms with E-state index in [0.29, 0.717) is 17.3 Å². The van der Waals surface area contributed by atoms with Crippen molar-refractivity contribution >= 4 is 0 Å². The number of hydrogen-bond acceptors (Lipinski definition) is 2. The minimum absolute atomic E-state index is 0.280. The second-order valence-electron chi connectivity index (χ2n) is 5.69. The van der Waals surface area contributed by atoms with Crippen molar-refractivity contribution in [3.8, 4) is 0 Å². The van der Waals surface area contributed by atoms with E-state index >= 15 is 0 Å². The van der Waals surface area contributed by atoms with Crippen molar-refractivity contribution in [3.63, 3.8) is 0 Å².